The summed E-state index contributed by atoms with van der Waals surface area (Å²) in [5, 5.41) is 2.96. The molecule has 0 atom stereocenters. The molecule has 8 heteroatoms. The number of methoxy groups -OCH3 is 1. The zero-order valence-corrected chi connectivity index (χ0v) is 18.6. The largest absolute Gasteiger partial charge is 0.493 e. The number of carbonyl (C=O) groups is 1. The molecule has 29 heavy (non-hydrogen) atoms. The van der Waals surface area contributed by atoms with E-state index < -0.39 is 0 Å². The van der Waals surface area contributed by atoms with Gasteiger partial charge in [-0.1, -0.05) is 53.3 Å². The highest BCUT2D eigenvalue weighted by Crippen LogP contribution is 2.38. The fourth-order valence-electron chi connectivity index (χ4n) is 2.79. The second-order valence-electron chi connectivity index (χ2n) is 6.35. The molecule has 1 saturated heterocycles. The third kappa shape index (κ3) is 5.44. The van der Waals surface area contributed by atoms with Gasteiger partial charge in [-0.3, -0.25) is 4.79 Å². The van der Waals surface area contributed by atoms with Crippen LogP contribution < -0.4 is 19.5 Å². The fraction of sp³-hybridized carbons (Fsp3) is 0.238. The van der Waals surface area contributed by atoms with Gasteiger partial charge < -0.3 is 19.5 Å². The van der Waals surface area contributed by atoms with Crippen molar-refractivity contribution < 1.29 is 19.0 Å². The second-order valence-corrected chi connectivity index (χ2v) is 8.48. The summed E-state index contributed by atoms with van der Waals surface area (Å²) in [5.41, 5.74) is 2.98. The molecule has 152 valence electrons. The summed E-state index contributed by atoms with van der Waals surface area (Å²) in [6.07, 6.45) is 1.71. The molecule has 1 aliphatic heterocycles. The van der Waals surface area contributed by atoms with Crippen LogP contribution in [0.4, 0.5) is 0 Å². The van der Waals surface area contributed by atoms with Gasteiger partial charge in [0.05, 0.1) is 17.0 Å². The van der Waals surface area contributed by atoms with Crippen LogP contribution in [0, 0.1) is 13.8 Å². The third-order valence-corrected chi connectivity index (χ3v) is 5.55. The van der Waals surface area contributed by atoms with Crippen molar-refractivity contribution in [3.05, 3.63) is 56.9 Å². The summed E-state index contributed by atoms with van der Waals surface area (Å²) in [6, 6.07) is 9.50. The molecule has 2 aromatic carbocycles. The highest BCUT2D eigenvalue weighted by atomic mass is 35.5. The van der Waals surface area contributed by atoms with Crippen LogP contribution in [0.15, 0.2) is 35.2 Å². The van der Waals surface area contributed by atoms with Gasteiger partial charge in [-0.05, 0) is 49.2 Å². The number of hydrogen-bond acceptors (Lipinski definition) is 6. The van der Waals surface area contributed by atoms with Gasteiger partial charge in [-0.2, -0.15) is 0 Å². The second kappa shape index (κ2) is 9.52. The van der Waals surface area contributed by atoms with E-state index in [1.165, 1.54) is 24.4 Å². The van der Waals surface area contributed by atoms with Crippen molar-refractivity contribution in [2.24, 2.45) is 0 Å². The number of ether oxygens (including phenoxy) is 3. The van der Waals surface area contributed by atoms with Gasteiger partial charge in [0.25, 0.3) is 5.91 Å². The molecule has 1 aliphatic rings. The summed E-state index contributed by atoms with van der Waals surface area (Å²) in [7, 11) is 1.54. The van der Waals surface area contributed by atoms with E-state index in [1.807, 2.05) is 26.0 Å². The maximum atomic E-state index is 11.8. The van der Waals surface area contributed by atoms with E-state index in [-0.39, 0.29) is 5.91 Å². The fourth-order valence-corrected chi connectivity index (χ4v) is 4.11. The molecule has 0 spiro atoms. The van der Waals surface area contributed by atoms with Gasteiger partial charge >= 0.3 is 0 Å². The van der Waals surface area contributed by atoms with Crippen molar-refractivity contribution >= 4 is 51.9 Å². The Morgan fingerprint density at radius 2 is 1.90 bits per heavy atom. The summed E-state index contributed by atoms with van der Waals surface area (Å²) < 4.78 is 17.4. The molecule has 0 aliphatic carbocycles. The highest BCUT2D eigenvalue weighted by molar-refractivity contribution is 8.26. The first-order valence-electron chi connectivity index (χ1n) is 8.82. The Hall–Kier alpha value is -2.22. The van der Waals surface area contributed by atoms with Gasteiger partial charge in [-0.25, -0.2) is 0 Å². The number of rotatable bonds is 7. The standard InChI is InChI=1S/C21H20ClNO4S2/c1-12-4-5-16(13(2)8-12)26-6-7-27-19-15(22)9-14(10-17(19)25-3)11-18-20(24)23-21(28)29-18/h4-5,8-11H,6-7H2,1-3H3,(H,23,24,28)/b18-11+. The molecule has 0 aromatic heterocycles. The Bertz CT molecular complexity index is 991. The molecule has 1 heterocycles. The SMILES string of the molecule is COc1cc(/C=C2/SC(=S)NC2=O)cc(Cl)c1OCCOc1ccc(C)cc1C. The number of amides is 1. The van der Waals surface area contributed by atoms with Gasteiger partial charge in [0.15, 0.2) is 11.5 Å². The molecule has 1 fully saturated rings. The predicted octanol–water partition coefficient (Wildman–Crippen LogP) is 4.91. The predicted molar refractivity (Wildman–Crippen MR) is 121 cm³/mol. The van der Waals surface area contributed by atoms with Crippen LogP contribution in [0.5, 0.6) is 17.2 Å². The van der Waals surface area contributed by atoms with E-state index in [2.05, 4.69) is 11.4 Å². The quantitative estimate of drug-likeness (QED) is 0.368. The van der Waals surface area contributed by atoms with E-state index in [4.69, 9.17) is 38.0 Å². The lowest BCUT2D eigenvalue weighted by Gasteiger charge is -2.14. The molecule has 5 nitrogen and oxygen atoms in total. The number of benzene rings is 2. The van der Waals surface area contributed by atoms with Crippen molar-refractivity contribution in [3.8, 4) is 17.2 Å². The van der Waals surface area contributed by atoms with Crippen molar-refractivity contribution in [1.29, 1.82) is 0 Å². The van der Waals surface area contributed by atoms with Crippen molar-refractivity contribution in [3.63, 3.8) is 0 Å². The van der Waals surface area contributed by atoms with Crippen molar-refractivity contribution in [2.75, 3.05) is 20.3 Å². The molecule has 1 N–H and O–H groups in total. The van der Waals surface area contributed by atoms with Crippen LogP contribution in [0.25, 0.3) is 6.08 Å². The topological polar surface area (TPSA) is 56.8 Å². The number of nitrogens with one attached hydrogen (secondary N) is 1. The normalized spacial score (nSPS) is 14.8. The minimum absolute atomic E-state index is 0.223. The first-order valence-corrected chi connectivity index (χ1v) is 10.4. The van der Waals surface area contributed by atoms with Gasteiger partial charge in [0.2, 0.25) is 0 Å². The van der Waals surface area contributed by atoms with E-state index in [0.29, 0.717) is 44.5 Å². The van der Waals surface area contributed by atoms with E-state index >= 15 is 0 Å². The summed E-state index contributed by atoms with van der Waals surface area (Å²) in [5.74, 6) is 1.50. The third-order valence-electron chi connectivity index (χ3n) is 4.11. The molecule has 1 amide bonds. The Kier molecular flexibility index (Phi) is 7.05. The lowest BCUT2D eigenvalue weighted by molar-refractivity contribution is -0.115. The monoisotopic (exact) mass is 449 g/mol. The summed E-state index contributed by atoms with van der Waals surface area (Å²) in [4.78, 5) is 12.3. The van der Waals surface area contributed by atoms with Gasteiger partial charge in [0.1, 0.15) is 23.3 Å². The zero-order valence-electron chi connectivity index (χ0n) is 16.2. The lowest BCUT2D eigenvalue weighted by Crippen LogP contribution is -2.17. The van der Waals surface area contributed by atoms with Crippen LogP contribution in [-0.4, -0.2) is 30.6 Å². The highest BCUT2D eigenvalue weighted by Gasteiger charge is 2.22. The number of carbonyl (C=O) groups excluding carboxylic acids is 1. The minimum atomic E-state index is -0.223. The van der Waals surface area contributed by atoms with Crippen LogP contribution in [-0.2, 0) is 4.79 Å². The minimum Gasteiger partial charge on any atom is -0.493 e. The smallest absolute Gasteiger partial charge is 0.263 e. The van der Waals surface area contributed by atoms with Gasteiger partial charge in [0, 0.05) is 0 Å². The Morgan fingerprint density at radius 1 is 1.14 bits per heavy atom. The number of hydrogen-bond donors (Lipinski definition) is 1. The van der Waals surface area contributed by atoms with Crippen LogP contribution in [0.3, 0.4) is 0 Å². The summed E-state index contributed by atoms with van der Waals surface area (Å²) in [6.45, 7) is 4.71. The first-order chi connectivity index (χ1) is 13.9. The van der Waals surface area contributed by atoms with E-state index in [9.17, 15) is 4.79 Å². The molecule has 2 aromatic rings. The lowest BCUT2D eigenvalue weighted by atomic mass is 10.1. The maximum absolute atomic E-state index is 11.8. The average molecular weight is 450 g/mol. The molecule has 3 rings (SSSR count). The molecule has 0 unspecified atom stereocenters. The van der Waals surface area contributed by atoms with Crippen molar-refractivity contribution in [2.45, 2.75) is 13.8 Å². The van der Waals surface area contributed by atoms with E-state index in [0.717, 1.165) is 11.3 Å². The molecular weight excluding hydrogens is 430 g/mol. The molecule has 0 bridgehead atoms. The Morgan fingerprint density at radius 3 is 2.55 bits per heavy atom. The zero-order chi connectivity index (χ0) is 21.0. The average Bonchev–Trinajstić information content (AvgIpc) is 2.98. The molecule has 0 radical (unpaired) electrons. The van der Waals surface area contributed by atoms with Crippen molar-refractivity contribution in [1.82, 2.24) is 5.32 Å². The number of thioether (sulfide) groups is 1. The van der Waals surface area contributed by atoms with Crippen LogP contribution in [0.2, 0.25) is 5.02 Å². The van der Waals surface area contributed by atoms with Crippen LogP contribution >= 0.6 is 35.6 Å². The van der Waals surface area contributed by atoms with Gasteiger partial charge in [-0.15, -0.1) is 0 Å². The number of aryl methyl sites for hydroxylation is 2. The number of thiocarbonyl (C=S) groups is 1. The van der Waals surface area contributed by atoms with Crippen LogP contribution in [0.1, 0.15) is 16.7 Å². The Labute approximate surface area is 184 Å². The van der Waals surface area contributed by atoms with E-state index in [1.54, 1.807) is 18.2 Å². The molecule has 0 saturated carbocycles. The maximum Gasteiger partial charge on any atom is 0.263 e. The summed E-state index contributed by atoms with van der Waals surface area (Å²) >= 11 is 12.6. The number of halogens is 1. The molecular formula is C21H20ClNO4S2. The Balaban J connectivity index is 1.67. The first kappa shape index (κ1) is 21.5.